The van der Waals surface area contributed by atoms with Crippen LogP contribution in [-0.2, 0) is 4.79 Å². The van der Waals surface area contributed by atoms with E-state index in [2.05, 4.69) is 5.32 Å². The molecule has 0 aliphatic carbocycles. The predicted octanol–water partition coefficient (Wildman–Crippen LogP) is 1.38. The predicted molar refractivity (Wildman–Crippen MR) is 55.7 cm³/mol. The smallest absolute Gasteiger partial charge is 0.303 e. The fourth-order valence-corrected chi connectivity index (χ4v) is 1.97. The Balaban J connectivity index is 2.15. The van der Waals surface area contributed by atoms with Crippen molar-refractivity contribution in [2.75, 3.05) is 5.32 Å². The van der Waals surface area contributed by atoms with E-state index in [1.54, 1.807) is 0 Å². The molecule has 2 atom stereocenters. The Morgan fingerprint density at radius 2 is 2.13 bits per heavy atom. The van der Waals surface area contributed by atoms with Crippen LogP contribution in [0.4, 0.5) is 5.69 Å². The highest BCUT2D eigenvalue weighted by Gasteiger charge is 2.30. The maximum Gasteiger partial charge on any atom is 0.303 e. The van der Waals surface area contributed by atoms with Crippen LogP contribution < -0.4 is 5.32 Å². The van der Waals surface area contributed by atoms with Crippen molar-refractivity contribution in [1.29, 1.82) is 0 Å². The lowest BCUT2D eigenvalue weighted by Crippen LogP contribution is -2.20. The summed E-state index contributed by atoms with van der Waals surface area (Å²) in [7, 11) is 0. The second-order valence-corrected chi connectivity index (χ2v) is 3.72. The summed E-state index contributed by atoms with van der Waals surface area (Å²) in [4.78, 5) is 10.5. The molecule has 1 aliphatic rings. The molecule has 4 heteroatoms. The zero-order valence-corrected chi connectivity index (χ0v) is 8.18. The number of aliphatic hydroxyl groups is 1. The minimum atomic E-state index is -0.827. The SMILES string of the molecule is O=C(O)CCC1c2ccccc2NC1O. The van der Waals surface area contributed by atoms with Gasteiger partial charge in [-0.3, -0.25) is 4.79 Å². The molecule has 1 heterocycles. The molecular weight excluding hydrogens is 194 g/mol. The Kier molecular flexibility index (Phi) is 2.60. The summed E-state index contributed by atoms with van der Waals surface area (Å²) in [6.45, 7) is 0. The van der Waals surface area contributed by atoms with Crippen molar-refractivity contribution in [1.82, 2.24) is 0 Å². The Morgan fingerprint density at radius 3 is 2.87 bits per heavy atom. The van der Waals surface area contributed by atoms with E-state index in [0.717, 1.165) is 11.3 Å². The van der Waals surface area contributed by atoms with Crippen molar-refractivity contribution in [3.63, 3.8) is 0 Å². The Bertz CT molecular complexity index is 378. The summed E-state index contributed by atoms with van der Waals surface area (Å²) >= 11 is 0. The first-order chi connectivity index (χ1) is 7.18. The maximum absolute atomic E-state index is 10.5. The van der Waals surface area contributed by atoms with E-state index >= 15 is 0 Å². The van der Waals surface area contributed by atoms with Gasteiger partial charge >= 0.3 is 5.97 Å². The first kappa shape index (κ1) is 9.98. The van der Waals surface area contributed by atoms with Gasteiger partial charge < -0.3 is 15.5 Å². The number of carbonyl (C=O) groups is 1. The van der Waals surface area contributed by atoms with Gasteiger partial charge in [0.15, 0.2) is 0 Å². The molecule has 15 heavy (non-hydrogen) atoms. The van der Waals surface area contributed by atoms with Gasteiger partial charge in [0.25, 0.3) is 0 Å². The number of benzene rings is 1. The van der Waals surface area contributed by atoms with Gasteiger partial charge in [-0.25, -0.2) is 0 Å². The average Bonchev–Trinajstić information content (AvgIpc) is 2.50. The van der Waals surface area contributed by atoms with Gasteiger partial charge in [-0.05, 0) is 18.1 Å². The number of aliphatic hydroxyl groups excluding tert-OH is 1. The van der Waals surface area contributed by atoms with Crippen LogP contribution in [-0.4, -0.2) is 22.4 Å². The molecule has 0 saturated carbocycles. The number of nitrogens with one attached hydrogen (secondary N) is 1. The highest BCUT2D eigenvalue weighted by atomic mass is 16.4. The molecule has 0 fully saturated rings. The molecule has 0 bridgehead atoms. The third kappa shape index (κ3) is 1.94. The molecular formula is C11H13NO3. The van der Waals surface area contributed by atoms with Crippen molar-refractivity contribution < 1.29 is 15.0 Å². The fourth-order valence-electron chi connectivity index (χ4n) is 1.97. The number of fused-ring (bicyclic) bond motifs is 1. The zero-order chi connectivity index (χ0) is 10.8. The largest absolute Gasteiger partial charge is 0.481 e. The van der Waals surface area contributed by atoms with Crippen molar-refractivity contribution in [3.8, 4) is 0 Å². The van der Waals surface area contributed by atoms with Gasteiger partial charge in [-0.2, -0.15) is 0 Å². The molecule has 0 amide bonds. The van der Waals surface area contributed by atoms with Gasteiger partial charge in [-0.15, -0.1) is 0 Å². The fraction of sp³-hybridized carbons (Fsp3) is 0.364. The van der Waals surface area contributed by atoms with E-state index in [9.17, 15) is 9.90 Å². The van der Waals surface area contributed by atoms with Gasteiger partial charge in [0.1, 0.15) is 6.23 Å². The second kappa shape index (κ2) is 3.90. The highest BCUT2D eigenvalue weighted by Crippen LogP contribution is 2.37. The second-order valence-electron chi connectivity index (χ2n) is 3.72. The Labute approximate surface area is 87.6 Å². The van der Waals surface area contributed by atoms with Crippen molar-refractivity contribution in [2.45, 2.75) is 25.0 Å². The third-order valence-electron chi connectivity index (χ3n) is 2.71. The number of rotatable bonds is 3. The third-order valence-corrected chi connectivity index (χ3v) is 2.71. The monoisotopic (exact) mass is 207 g/mol. The molecule has 1 aliphatic heterocycles. The lowest BCUT2D eigenvalue weighted by Gasteiger charge is -2.13. The molecule has 3 N–H and O–H groups in total. The van der Waals surface area contributed by atoms with Crippen LogP contribution in [0, 0.1) is 0 Å². The molecule has 1 aromatic carbocycles. The van der Waals surface area contributed by atoms with Gasteiger partial charge in [0.05, 0.1) is 0 Å². The minimum Gasteiger partial charge on any atom is -0.481 e. The molecule has 4 nitrogen and oxygen atoms in total. The molecule has 2 rings (SSSR count). The van der Waals surface area contributed by atoms with Crippen LogP contribution in [0.25, 0.3) is 0 Å². The van der Waals surface area contributed by atoms with Crippen LogP contribution in [0.1, 0.15) is 24.3 Å². The quantitative estimate of drug-likeness (QED) is 0.700. The summed E-state index contributed by atoms with van der Waals surface area (Å²) in [6, 6.07) is 7.59. The number of para-hydroxylation sites is 1. The van der Waals surface area contributed by atoms with Crippen molar-refractivity contribution in [3.05, 3.63) is 29.8 Å². The topological polar surface area (TPSA) is 69.6 Å². The van der Waals surface area contributed by atoms with Crippen LogP contribution >= 0.6 is 0 Å². The molecule has 0 radical (unpaired) electrons. The summed E-state index contributed by atoms with van der Waals surface area (Å²) in [5.74, 6) is -0.941. The lowest BCUT2D eigenvalue weighted by atomic mass is 9.95. The van der Waals surface area contributed by atoms with E-state index in [1.807, 2.05) is 24.3 Å². The number of aliphatic carboxylic acids is 1. The highest BCUT2D eigenvalue weighted by molar-refractivity contribution is 5.67. The molecule has 0 spiro atoms. The number of carboxylic acid groups (broad SMARTS) is 1. The molecule has 0 aromatic heterocycles. The zero-order valence-electron chi connectivity index (χ0n) is 8.18. The first-order valence-electron chi connectivity index (χ1n) is 4.94. The van der Waals surface area contributed by atoms with Crippen molar-refractivity contribution >= 4 is 11.7 Å². The minimum absolute atomic E-state index is 0.0811. The van der Waals surface area contributed by atoms with Gasteiger partial charge in [0, 0.05) is 18.0 Å². The van der Waals surface area contributed by atoms with Crippen molar-refractivity contribution in [2.24, 2.45) is 0 Å². The number of carboxylic acids is 1. The van der Waals surface area contributed by atoms with E-state index in [1.165, 1.54) is 0 Å². The molecule has 1 aromatic rings. The van der Waals surface area contributed by atoms with Gasteiger partial charge in [0.2, 0.25) is 0 Å². The normalized spacial score (nSPS) is 23.3. The average molecular weight is 207 g/mol. The van der Waals surface area contributed by atoms with Crippen LogP contribution in [0.3, 0.4) is 0 Å². The summed E-state index contributed by atoms with van der Waals surface area (Å²) < 4.78 is 0. The standard InChI is InChI=1S/C11H13NO3/c13-10(14)6-5-8-7-3-1-2-4-9(7)12-11(8)15/h1-4,8,11-12,15H,5-6H2,(H,13,14). The van der Waals surface area contributed by atoms with E-state index in [0.29, 0.717) is 6.42 Å². The molecule has 0 saturated heterocycles. The van der Waals surface area contributed by atoms with E-state index < -0.39 is 12.2 Å². The molecule has 2 unspecified atom stereocenters. The van der Waals surface area contributed by atoms with Crippen LogP contribution in [0.5, 0.6) is 0 Å². The Hall–Kier alpha value is -1.55. The number of hydrogen-bond donors (Lipinski definition) is 3. The lowest BCUT2D eigenvalue weighted by molar-refractivity contribution is -0.137. The van der Waals surface area contributed by atoms with Crippen LogP contribution in [0.15, 0.2) is 24.3 Å². The van der Waals surface area contributed by atoms with Crippen LogP contribution in [0.2, 0.25) is 0 Å². The molecule has 80 valence electrons. The first-order valence-corrected chi connectivity index (χ1v) is 4.94. The number of hydrogen-bond acceptors (Lipinski definition) is 3. The van der Waals surface area contributed by atoms with E-state index in [-0.39, 0.29) is 12.3 Å². The van der Waals surface area contributed by atoms with Gasteiger partial charge in [-0.1, -0.05) is 18.2 Å². The summed E-state index contributed by atoms with van der Waals surface area (Å²) in [6.07, 6.45) is -0.125. The summed E-state index contributed by atoms with van der Waals surface area (Å²) in [5.41, 5.74) is 1.91. The summed E-state index contributed by atoms with van der Waals surface area (Å²) in [5, 5.41) is 21.3. The van der Waals surface area contributed by atoms with E-state index in [4.69, 9.17) is 5.11 Å². The Morgan fingerprint density at radius 1 is 1.40 bits per heavy atom. The maximum atomic E-state index is 10.5. The number of anilines is 1.